The highest BCUT2D eigenvalue weighted by molar-refractivity contribution is 7.99. The predicted molar refractivity (Wildman–Crippen MR) is 415 cm³/mol. The number of ether oxygens (including phenoxy) is 10. The first-order valence-electron chi connectivity index (χ1n) is 38.5. The van der Waals surface area contributed by atoms with Crippen molar-refractivity contribution in [1.82, 2.24) is 51.6 Å². The van der Waals surface area contributed by atoms with Gasteiger partial charge in [0.15, 0.2) is 28.5 Å². The summed E-state index contributed by atoms with van der Waals surface area (Å²) in [6, 6.07) is 13.3. The first kappa shape index (κ1) is 83.8. The molecule has 2 saturated heterocycles. The molecule has 14 rings (SSSR count). The SMILES string of the molecule is COc1c(C)cc2c(c1O)[C@@H]1[C@@H]3[C@@H]4SC[C@]5(N[C@@H](CNC(=O)OCc6ccc(NC(=O)[C@H](CCCCNC(N)=O)NC(=O)[C@@H](NC(=O)CCOCCOCCOCCOCCNC(=O)CCN7C(=O)C=CC7=O)C(C)C)cc6)Cc6c5[nH]c5ccccc65)C(=O)OCC(c5c6c(c(C)c(OC(C)=O)c54)OCO6)N3C(C#N)(C2)CN1C. The van der Waals surface area contributed by atoms with Crippen LogP contribution in [0.15, 0.2) is 66.7 Å². The number of hydrogen-bond donors (Lipinski definition) is 10. The van der Waals surface area contributed by atoms with Crippen molar-refractivity contribution < 1.29 is 100 Å². The Morgan fingerprint density at radius 1 is 0.809 bits per heavy atom. The number of hydrogen-bond acceptors (Lipinski definition) is 26. The molecule has 9 aliphatic rings. The van der Waals surface area contributed by atoms with Crippen LogP contribution in [0.2, 0.25) is 0 Å². The van der Waals surface area contributed by atoms with Crippen molar-refractivity contribution in [3.05, 3.63) is 117 Å². The highest BCUT2D eigenvalue weighted by atomic mass is 32.2. The number of urea groups is 1. The number of nitriles is 1. The zero-order valence-corrected chi connectivity index (χ0v) is 66.1. The number of likely N-dealkylation sites (N-methyl/N-ethyl adjacent to an activating group) is 1. The van der Waals surface area contributed by atoms with E-state index in [0.29, 0.717) is 87.9 Å². The molecule has 9 aliphatic heterocycles. The second-order valence-electron chi connectivity index (χ2n) is 29.7. The Morgan fingerprint density at radius 2 is 1.51 bits per heavy atom. The molecule has 11 N–H and O–H groups in total. The minimum Gasteiger partial charge on any atom is -0.504 e. The molecule has 4 aromatic carbocycles. The first-order valence-corrected chi connectivity index (χ1v) is 39.5. The van der Waals surface area contributed by atoms with Crippen molar-refractivity contribution in [2.75, 3.05) is 124 Å². The lowest BCUT2D eigenvalue weighted by atomic mass is 9.76. The largest absolute Gasteiger partial charge is 0.504 e. The van der Waals surface area contributed by atoms with Crippen molar-refractivity contribution in [2.45, 2.75) is 139 Å². The summed E-state index contributed by atoms with van der Waals surface area (Å²) in [4.78, 5) is 140. The molecule has 10 atom stereocenters. The van der Waals surface area contributed by atoms with Crippen molar-refractivity contribution in [3.63, 3.8) is 0 Å². The number of nitrogens with one attached hydrogen (secondary N) is 8. The number of esters is 2. The number of aryl methyl sites for hydroxylation is 1. The average molecular weight is 1610 g/mol. The number of thioether (sulfide) groups is 1. The minimum absolute atomic E-state index is 0.000976. The molecule has 1 spiro atoms. The van der Waals surface area contributed by atoms with Gasteiger partial charge in [0.25, 0.3) is 11.8 Å². The summed E-state index contributed by atoms with van der Waals surface area (Å²) in [6.45, 7) is 10.4. The zero-order valence-electron chi connectivity index (χ0n) is 65.3. The highest BCUT2D eigenvalue weighted by Crippen LogP contribution is 2.66. The number of fused-ring (bicyclic) bond motifs is 8. The number of para-hydroxylation sites is 1. The number of benzene rings is 4. The molecule has 5 aromatic rings. The van der Waals surface area contributed by atoms with Gasteiger partial charge in [0.2, 0.25) is 30.4 Å². The van der Waals surface area contributed by atoms with Crippen LogP contribution in [0.5, 0.6) is 28.7 Å². The fourth-order valence-corrected chi connectivity index (χ4v) is 18.1. The Hall–Kier alpha value is -10.6. The molecular weight excluding hydrogens is 1510 g/mol. The zero-order chi connectivity index (χ0) is 81.8. The number of H-pyrrole nitrogens is 1. The van der Waals surface area contributed by atoms with Crippen LogP contribution in [-0.4, -0.2) is 233 Å². The van der Waals surface area contributed by atoms with Crippen molar-refractivity contribution in [3.8, 4) is 34.8 Å². The number of alkyl carbamates (subject to hydrolysis) is 1. The maximum atomic E-state index is 15.9. The number of amides is 9. The molecule has 10 heterocycles. The standard InChI is InChI=1S/C80H99N13O21S/c1-44(2)64(89-58(96)22-26-106-28-30-108-32-33-109-31-29-107-27-24-83-57(95)21-25-92-59(97)19-20-60(92)98)75(101)88-55(14-10-11-23-84-77(82)103)74(100)86-50-17-15-48(16-18-50)38-111-78(104)85-37-51-35-53-52-12-8-9-13-54(52)87-73(53)80(90-51)42-115-72-63-62(71-70(112-43-113-71)46(4)69(63)114-47(5)94)56(39-110-76(80)102)93-66(72)65-61-49(34-45(3)68(105-7)67(61)99)36-79(93,40-81)41-91(65)6/h8-9,12-13,15-20,34,44,51,55-56,64-66,72,87,90,99H,10-11,14,21-33,35-39,41-43H2,1-7H3,(H,83,95)(H,85,104)(H,86,100)(H,88,101)(H,89,96)(H3,82,84,103)/t51-,55+,56?,64+,65-,66-,72-,79?,80-/m1/s1. The molecule has 115 heavy (non-hydrogen) atoms. The molecule has 0 saturated carbocycles. The quantitative estimate of drug-likeness (QED) is 0.0117. The number of carbonyl (C=O) groups is 10. The number of aromatic amines is 1. The molecule has 1 aromatic heterocycles. The van der Waals surface area contributed by atoms with Gasteiger partial charge in [-0.1, -0.05) is 50.2 Å². The molecule has 9 amide bonds. The van der Waals surface area contributed by atoms with Crippen LogP contribution in [-0.2, 0) is 91.8 Å². The lowest BCUT2D eigenvalue weighted by Crippen LogP contribution is -2.70. The number of piperazine rings is 1. The topological polar surface area (TPSA) is 443 Å². The first-order chi connectivity index (χ1) is 55.3. The number of primary amides is 1. The van der Waals surface area contributed by atoms with Gasteiger partial charge in [-0.3, -0.25) is 53.6 Å². The van der Waals surface area contributed by atoms with E-state index in [-0.39, 0.29) is 148 Å². The number of anilines is 1. The van der Waals surface area contributed by atoms with Crippen LogP contribution in [0, 0.1) is 31.1 Å². The van der Waals surface area contributed by atoms with Crippen molar-refractivity contribution >= 4 is 87.9 Å². The molecule has 4 bridgehead atoms. The number of rotatable bonds is 35. The molecular formula is C80H99N13O21S. The van der Waals surface area contributed by atoms with E-state index in [1.54, 1.807) is 45.0 Å². The summed E-state index contributed by atoms with van der Waals surface area (Å²) in [5.41, 5.74) is 9.15. The number of aromatic hydroxyl groups is 1. The van der Waals surface area contributed by atoms with E-state index < -0.39 is 112 Å². The summed E-state index contributed by atoms with van der Waals surface area (Å²) in [6.07, 6.45) is 3.00. The van der Waals surface area contributed by atoms with E-state index in [1.165, 1.54) is 37.9 Å². The summed E-state index contributed by atoms with van der Waals surface area (Å²) in [5, 5.41) is 44.6. The van der Waals surface area contributed by atoms with E-state index in [9.17, 15) is 53.5 Å². The van der Waals surface area contributed by atoms with Gasteiger partial charge in [-0.05, 0) is 92.9 Å². The minimum atomic E-state index is -1.64. The Labute approximate surface area is 668 Å². The number of nitrogens with two attached hydrogens (primary N) is 1. The van der Waals surface area contributed by atoms with Crippen LogP contribution in [0.3, 0.4) is 0 Å². The average Bonchev–Trinajstić information content (AvgIpc) is 1.63. The Balaban J connectivity index is 0.652. The fraction of sp³-hybridized carbons (Fsp3) is 0.512. The van der Waals surface area contributed by atoms with E-state index in [1.807, 2.05) is 44.3 Å². The van der Waals surface area contributed by atoms with E-state index >= 15 is 4.79 Å². The number of imide groups is 1. The second-order valence-corrected chi connectivity index (χ2v) is 30.9. The molecule has 616 valence electrons. The molecule has 3 unspecified atom stereocenters. The smallest absolute Gasteiger partial charge is 0.407 e. The van der Waals surface area contributed by atoms with E-state index in [2.05, 4.69) is 58.1 Å². The number of unbranched alkanes of at least 4 members (excludes halogenated alkanes) is 1. The highest BCUT2D eigenvalue weighted by Gasteiger charge is 2.65. The van der Waals surface area contributed by atoms with E-state index in [4.69, 9.17) is 53.1 Å². The summed E-state index contributed by atoms with van der Waals surface area (Å²) in [5.74, 6) is -3.16. The summed E-state index contributed by atoms with van der Waals surface area (Å²) < 4.78 is 59.4. The van der Waals surface area contributed by atoms with Crippen molar-refractivity contribution in [2.24, 2.45) is 11.7 Å². The molecule has 35 heteroatoms. The molecule has 2 fully saturated rings. The third kappa shape index (κ3) is 18.6. The Bertz CT molecular complexity index is 4570. The third-order valence-corrected chi connectivity index (χ3v) is 23.1. The summed E-state index contributed by atoms with van der Waals surface area (Å²) in [7, 11) is 3.44. The van der Waals surface area contributed by atoms with Crippen LogP contribution in [0.25, 0.3) is 10.9 Å². The lowest BCUT2D eigenvalue weighted by molar-refractivity contribution is -0.158. The van der Waals surface area contributed by atoms with Gasteiger partial charge in [-0.25, -0.2) is 14.4 Å². The Morgan fingerprint density at radius 3 is 2.21 bits per heavy atom. The van der Waals surface area contributed by atoms with E-state index in [0.717, 1.165) is 26.9 Å². The maximum absolute atomic E-state index is 15.9. The maximum Gasteiger partial charge on any atom is 0.407 e. The number of methoxy groups -OCH3 is 1. The number of aromatic nitrogens is 1. The van der Waals surface area contributed by atoms with Gasteiger partial charge in [-0.2, -0.15) is 5.26 Å². The van der Waals surface area contributed by atoms with Crippen molar-refractivity contribution in [1.29, 1.82) is 5.26 Å². The number of phenols is 1. The van der Waals surface area contributed by atoms with Crippen LogP contribution in [0.1, 0.15) is 120 Å². The molecule has 0 aliphatic carbocycles. The Kier molecular flexibility index (Phi) is 27.2. The molecule has 34 nitrogen and oxygen atoms in total. The van der Waals surface area contributed by atoms with Gasteiger partial charge in [0.1, 0.15) is 36.6 Å². The van der Waals surface area contributed by atoms with Crippen LogP contribution < -0.4 is 61.9 Å². The van der Waals surface area contributed by atoms with Gasteiger partial charge in [0, 0.05) is 128 Å². The monoisotopic (exact) mass is 1610 g/mol. The van der Waals surface area contributed by atoms with Crippen LogP contribution >= 0.6 is 11.8 Å². The number of phenolic OH excluding ortho intramolecular Hbond substituents is 1. The fourth-order valence-electron chi connectivity index (χ4n) is 16.4. The van der Waals surface area contributed by atoms with Gasteiger partial charge in [0.05, 0.1) is 89.1 Å². The number of nitrogens with zero attached hydrogens (tertiary/aromatic N) is 4. The van der Waals surface area contributed by atoms with Gasteiger partial charge >= 0.3 is 24.1 Å². The lowest BCUT2D eigenvalue weighted by Gasteiger charge is -2.60. The second kappa shape index (κ2) is 37.4. The van der Waals surface area contributed by atoms with Gasteiger partial charge in [-0.15, -0.1) is 11.8 Å². The third-order valence-electron chi connectivity index (χ3n) is 21.6. The summed E-state index contributed by atoms with van der Waals surface area (Å²) >= 11 is 1.41. The molecule has 0 radical (unpaired) electrons. The van der Waals surface area contributed by atoms with Gasteiger partial charge < -0.3 is 95.1 Å². The predicted octanol–water partition coefficient (Wildman–Crippen LogP) is 4.34. The normalized spacial score (nSPS) is 22.0. The van der Waals surface area contributed by atoms with Crippen LogP contribution in [0.4, 0.5) is 15.3 Å². The number of carbonyl (C=O) groups excluding carboxylic acids is 10.